The van der Waals surface area contributed by atoms with Crippen LogP contribution in [0.3, 0.4) is 0 Å². The van der Waals surface area contributed by atoms with Gasteiger partial charge in [0, 0.05) is 18.7 Å². The van der Waals surface area contributed by atoms with Crippen LogP contribution in [0.5, 0.6) is 0 Å². The molecule has 2 aromatic rings. The number of aromatic nitrogens is 3. The Morgan fingerprint density at radius 2 is 2.08 bits per heavy atom. The number of carbonyl (C=O) groups excluding carboxylic acids is 1. The summed E-state index contributed by atoms with van der Waals surface area (Å²) in [6.07, 6.45) is 7.27. The Hall–Kier alpha value is 0.0752. The largest absolute Gasteiger partial charge is 1.00 e. The second-order valence-corrected chi connectivity index (χ2v) is 7.39. The number of piperidine rings is 1. The van der Waals surface area contributed by atoms with Gasteiger partial charge in [0.15, 0.2) is 5.13 Å². The zero-order chi connectivity index (χ0) is 16.0. The van der Waals surface area contributed by atoms with Crippen LogP contribution in [0.25, 0.3) is 10.6 Å². The van der Waals surface area contributed by atoms with Crippen LogP contribution >= 0.6 is 11.3 Å². The van der Waals surface area contributed by atoms with Crippen molar-refractivity contribution in [3.05, 3.63) is 17.5 Å². The van der Waals surface area contributed by atoms with Crippen molar-refractivity contribution in [1.29, 1.82) is 0 Å². The minimum absolute atomic E-state index is 0. The third-order valence-electron chi connectivity index (χ3n) is 4.65. The van der Waals surface area contributed by atoms with E-state index in [-0.39, 0.29) is 64.1 Å². The van der Waals surface area contributed by atoms with E-state index >= 15 is 0 Å². The number of nitrogens with one attached hydrogen (secondary N) is 1. The van der Waals surface area contributed by atoms with Crippen molar-refractivity contribution < 1.29 is 63.0 Å². The number of nitrogens with zero attached hydrogens (tertiary/aromatic N) is 4. The van der Waals surface area contributed by atoms with Crippen LogP contribution in [0.4, 0.5) is 5.13 Å². The van der Waals surface area contributed by atoms with Crippen LogP contribution in [-0.4, -0.2) is 45.7 Å². The molecule has 0 bridgehead atoms. The van der Waals surface area contributed by atoms with Gasteiger partial charge in [-0.25, -0.2) is 4.98 Å². The van der Waals surface area contributed by atoms with Crippen LogP contribution in [0.15, 0.2) is 0 Å². The van der Waals surface area contributed by atoms with Crippen LogP contribution in [0.2, 0.25) is 0 Å². The van der Waals surface area contributed by atoms with Crippen molar-refractivity contribution in [3.63, 3.8) is 0 Å². The van der Waals surface area contributed by atoms with E-state index in [1.807, 2.05) is 0 Å². The number of carbonyl (C=O) groups is 1. The van der Waals surface area contributed by atoms with Gasteiger partial charge < -0.3 is 20.0 Å². The summed E-state index contributed by atoms with van der Waals surface area (Å²) in [6, 6.07) is 0.434. The number of anilines is 1. The molecule has 0 saturated carbocycles. The van der Waals surface area contributed by atoms with Crippen molar-refractivity contribution in [1.82, 2.24) is 19.7 Å². The molecule has 2 aliphatic rings. The van der Waals surface area contributed by atoms with Crippen LogP contribution in [-0.2, 0) is 17.6 Å². The van der Waals surface area contributed by atoms with E-state index < -0.39 is 0 Å². The maximum absolute atomic E-state index is 11.3. The zero-order valence-corrected chi connectivity index (χ0v) is 20.2. The fourth-order valence-electron chi connectivity index (χ4n) is 3.43. The quantitative estimate of drug-likeness (QED) is 0.648. The van der Waals surface area contributed by atoms with Gasteiger partial charge in [0.2, 0.25) is 5.91 Å². The van der Waals surface area contributed by atoms with Gasteiger partial charge in [0.05, 0.1) is 0 Å². The number of aryl methyl sites for hydroxylation is 2. The first-order chi connectivity index (χ1) is 11.1. The molecule has 2 aromatic heterocycles. The van der Waals surface area contributed by atoms with E-state index in [0.29, 0.717) is 11.2 Å². The Kier molecular flexibility index (Phi) is 6.09. The molecule has 24 heavy (non-hydrogen) atoms. The Bertz CT molecular complexity index is 748. The molecule has 1 amide bonds. The molecule has 1 aliphatic carbocycles. The average Bonchev–Trinajstić information content (AvgIpc) is 3.10. The van der Waals surface area contributed by atoms with Crippen LogP contribution in [0, 0.1) is 6.20 Å². The molecule has 1 aliphatic heterocycles. The van der Waals surface area contributed by atoms with Gasteiger partial charge in [-0.3, -0.25) is 4.79 Å². The number of thiazole rings is 1. The van der Waals surface area contributed by atoms with E-state index in [9.17, 15) is 4.79 Å². The van der Waals surface area contributed by atoms with Gasteiger partial charge in [0.25, 0.3) is 0 Å². The minimum atomic E-state index is -0.0771. The molecule has 122 valence electrons. The van der Waals surface area contributed by atoms with E-state index in [1.54, 1.807) is 11.3 Å². The van der Waals surface area contributed by atoms with E-state index in [4.69, 9.17) is 0 Å². The second-order valence-electron chi connectivity index (χ2n) is 6.39. The monoisotopic (exact) mass is 415 g/mol. The normalized spacial score (nSPS) is 17.8. The Balaban J connectivity index is 0.00000169. The van der Waals surface area contributed by atoms with Gasteiger partial charge in [-0.1, -0.05) is 12.1 Å². The van der Waals surface area contributed by atoms with E-state index in [1.165, 1.54) is 18.2 Å². The summed E-state index contributed by atoms with van der Waals surface area (Å²) in [5.41, 5.74) is 3.44. The molecule has 1 N–H and O–H groups in total. The van der Waals surface area contributed by atoms with Gasteiger partial charge >= 0.3 is 58.2 Å². The maximum atomic E-state index is 11.3. The fourth-order valence-corrected chi connectivity index (χ4v) is 4.55. The van der Waals surface area contributed by atoms with Crippen molar-refractivity contribution in [3.8, 4) is 10.6 Å². The Labute approximate surface area is 194 Å². The fraction of sp³-hybridized carbons (Fsp3) is 0.562. The molecule has 0 spiro atoms. The topological polar surface area (TPSA) is 63.1 Å². The number of likely N-dealkylation sites (tertiary alicyclic amines) is 1. The van der Waals surface area contributed by atoms with Crippen LogP contribution < -0.4 is 63.5 Å². The molecular formula is C16H20N5ORbS. The van der Waals surface area contributed by atoms with Gasteiger partial charge in [0.1, 0.15) is 0 Å². The number of hydrogen-bond donors (Lipinski definition) is 1. The molecule has 3 heterocycles. The van der Waals surface area contributed by atoms with E-state index in [0.717, 1.165) is 49.3 Å². The standard InChI is InChI=1S/C16H20N5OS.Rb/c1-10(22)18-16-19-13-4-3-11-9-17-21(14(11)15(13)23-16)12-5-7-20(2)8-6-12;/h12H,3-8H2,1-2H3,(H,18,19,22);/q-1;+1. The predicted octanol–water partition coefficient (Wildman–Crippen LogP) is -0.866. The van der Waals surface area contributed by atoms with Crippen LogP contribution in [0.1, 0.15) is 37.1 Å². The van der Waals surface area contributed by atoms with Gasteiger partial charge in [-0.05, 0) is 44.3 Å². The third-order valence-corrected chi connectivity index (χ3v) is 5.67. The molecule has 1 fully saturated rings. The Morgan fingerprint density at radius 1 is 1.33 bits per heavy atom. The Morgan fingerprint density at radius 3 is 2.79 bits per heavy atom. The van der Waals surface area contributed by atoms with Gasteiger partial charge in [-0.15, -0.1) is 17.5 Å². The molecule has 0 radical (unpaired) electrons. The molecule has 0 atom stereocenters. The summed E-state index contributed by atoms with van der Waals surface area (Å²) in [5, 5.41) is 8.08. The SMILES string of the molecule is CC(=O)Nc1nc2c(s1)-c1c([c-]nn1C1CCN(C)CC1)CC2.[Rb+]. The zero-order valence-electron chi connectivity index (χ0n) is 14.4. The van der Waals surface area contributed by atoms with Gasteiger partial charge in [-0.2, -0.15) is 5.56 Å². The second kappa shape index (κ2) is 7.76. The van der Waals surface area contributed by atoms with Crippen molar-refractivity contribution in [2.24, 2.45) is 0 Å². The van der Waals surface area contributed by atoms with Crippen molar-refractivity contribution in [2.75, 3.05) is 25.5 Å². The first kappa shape index (κ1) is 18.9. The summed E-state index contributed by atoms with van der Waals surface area (Å²) >= 11 is 1.56. The van der Waals surface area contributed by atoms with Crippen molar-refractivity contribution in [2.45, 2.75) is 38.6 Å². The summed E-state index contributed by atoms with van der Waals surface area (Å²) < 4.78 is 2.16. The molecule has 4 rings (SSSR count). The molecule has 1 saturated heterocycles. The molecule has 0 aromatic carbocycles. The predicted molar refractivity (Wildman–Crippen MR) is 89.7 cm³/mol. The molecule has 6 nitrogen and oxygen atoms in total. The maximum Gasteiger partial charge on any atom is 1.00 e. The summed E-state index contributed by atoms with van der Waals surface area (Å²) in [4.78, 5) is 19.4. The molecule has 8 heteroatoms. The first-order valence-corrected chi connectivity index (χ1v) is 8.88. The van der Waals surface area contributed by atoms with Crippen molar-refractivity contribution >= 4 is 22.4 Å². The molecule has 0 unspecified atom stereocenters. The number of rotatable bonds is 2. The summed E-state index contributed by atoms with van der Waals surface area (Å²) in [7, 11) is 2.17. The smallest absolute Gasteiger partial charge is 0.357 e. The number of hydrogen-bond acceptors (Lipinski definition) is 5. The third kappa shape index (κ3) is 3.62. The number of fused-ring (bicyclic) bond motifs is 3. The molecular weight excluding hydrogens is 396 g/mol. The summed E-state index contributed by atoms with van der Waals surface area (Å²) in [5.74, 6) is -0.0771. The first-order valence-electron chi connectivity index (χ1n) is 8.07. The average molecular weight is 416 g/mol. The minimum Gasteiger partial charge on any atom is -0.357 e. The summed E-state index contributed by atoms with van der Waals surface area (Å²) in [6.45, 7) is 3.72. The number of amides is 1. The van der Waals surface area contributed by atoms with E-state index in [2.05, 4.69) is 38.2 Å².